The van der Waals surface area contributed by atoms with E-state index in [-0.39, 0.29) is 5.91 Å². The van der Waals surface area contributed by atoms with Crippen molar-refractivity contribution in [1.82, 2.24) is 4.90 Å². The van der Waals surface area contributed by atoms with Crippen molar-refractivity contribution in [2.24, 2.45) is 5.92 Å². The molecule has 0 unspecified atom stereocenters. The van der Waals surface area contributed by atoms with Crippen LogP contribution < -0.4 is 5.32 Å². The van der Waals surface area contributed by atoms with Gasteiger partial charge in [0.1, 0.15) is 0 Å². The van der Waals surface area contributed by atoms with Crippen LogP contribution in [0.3, 0.4) is 0 Å². The quantitative estimate of drug-likeness (QED) is 0.910. The maximum Gasteiger partial charge on any atom is 0.255 e. The van der Waals surface area contributed by atoms with Crippen molar-refractivity contribution in [2.45, 2.75) is 20.3 Å². The van der Waals surface area contributed by atoms with Crippen LogP contribution in [0.25, 0.3) is 0 Å². The van der Waals surface area contributed by atoms with Gasteiger partial charge in [0.15, 0.2) is 0 Å². The molecule has 3 rings (SSSR count). The number of likely N-dealkylation sites (tertiary alicyclic amines) is 1. The van der Waals surface area contributed by atoms with Crippen LogP contribution in [0.1, 0.15) is 27.7 Å². The smallest absolute Gasteiger partial charge is 0.255 e. The highest BCUT2D eigenvalue weighted by Crippen LogP contribution is 2.27. The SMILES string of the molecule is CCNc1ccc(C)cc1C(=O)N1CC(Cc2cccs2)C1. The van der Waals surface area contributed by atoms with Gasteiger partial charge in [0.2, 0.25) is 0 Å². The highest BCUT2D eigenvalue weighted by atomic mass is 32.1. The van der Waals surface area contributed by atoms with Crippen molar-refractivity contribution in [3.63, 3.8) is 0 Å². The van der Waals surface area contributed by atoms with Gasteiger partial charge in [-0.1, -0.05) is 17.7 Å². The molecule has 0 atom stereocenters. The van der Waals surface area contributed by atoms with Crippen molar-refractivity contribution in [2.75, 3.05) is 25.0 Å². The summed E-state index contributed by atoms with van der Waals surface area (Å²) in [6, 6.07) is 10.3. The number of thiophene rings is 1. The molecule has 3 nitrogen and oxygen atoms in total. The van der Waals surface area contributed by atoms with Crippen molar-refractivity contribution >= 4 is 22.9 Å². The molecule has 1 aliphatic rings. The van der Waals surface area contributed by atoms with Gasteiger partial charge in [0.25, 0.3) is 5.91 Å². The third-order valence-corrected chi connectivity index (χ3v) is 4.99. The molecule has 1 aromatic heterocycles. The Labute approximate surface area is 136 Å². The molecule has 1 fully saturated rings. The van der Waals surface area contributed by atoms with Gasteiger partial charge in [-0.05, 0) is 49.8 Å². The molecule has 1 saturated heterocycles. The molecule has 2 heterocycles. The Bertz CT molecular complexity index is 645. The second-order valence-corrected chi connectivity index (χ2v) is 6.97. The molecule has 1 amide bonds. The molecule has 0 saturated carbocycles. The first kappa shape index (κ1) is 15.1. The largest absolute Gasteiger partial charge is 0.385 e. The molecule has 2 aromatic rings. The zero-order valence-electron chi connectivity index (χ0n) is 13.1. The Kier molecular flexibility index (Phi) is 4.48. The van der Waals surface area contributed by atoms with Gasteiger partial charge in [0, 0.05) is 30.2 Å². The third-order valence-electron chi connectivity index (χ3n) is 4.09. The monoisotopic (exact) mass is 314 g/mol. The van der Waals surface area contributed by atoms with Gasteiger partial charge in [-0.15, -0.1) is 11.3 Å². The molecule has 0 aliphatic carbocycles. The molecule has 1 aliphatic heterocycles. The molecule has 0 spiro atoms. The maximum absolute atomic E-state index is 12.7. The van der Waals surface area contributed by atoms with Gasteiger partial charge >= 0.3 is 0 Å². The van der Waals surface area contributed by atoms with E-state index in [0.717, 1.165) is 42.9 Å². The van der Waals surface area contributed by atoms with E-state index in [1.54, 1.807) is 11.3 Å². The summed E-state index contributed by atoms with van der Waals surface area (Å²) in [5.41, 5.74) is 2.87. The Morgan fingerprint density at radius 3 is 2.86 bits per heavy atom. The van der Waals surface area contributed by atoms with Crippen LogP contribution in [-0.4, -0.2) is 30.4 Å². The van der Waals surface area contributed by atoms with Crippen LogP contribution in [0, 0.1) is 12.8 Å². The number of benzene rings is 1. The molecule has 22 heavy (non-hydrogen) atoms. The first-order valence-electron chi connectivity index (χ1n) is 7.83. The number of hydrogen-bond acceptors (Lipinski definition) is 3. The van der Waals surface area contributed by atoms with E-state index in [9.17, 15) is 4.79 Å². The number of amides is 1. The molecule has 4 heteroatoms. The summed E-state index contributed by atoms with van der Waals surface area (Å²) in [5.74, 6) is 0.761. The standard InChI is InChI=1S/C18H22N2OS/c1-3-19-17-7-6-13(2)9-16(17)18(21)20-11-14(12-20)10-15-5-4-8-22-15/h4-9,14,19H,3,10-12H2,1-2H3. The minimum atomic E-state index is 0.155. The molecular weight excluding hydrogens is 292 g/mol. The summed E-state index contributed by atoms with van der Waals surface area (Å²) in [4.78, 5) is 16.1. The number of nitrogens with one attached hydrogen (secondary N) is 1. The van der Waals surface area contributed by atoms with Crippen molar-refractivity contribution in [3.8, 4) is 0 Å². The second-order valence-electron chi connectivity index (χ2n) is 5.94. The van der Waals surface area contributed by atoms with Gasteiger partial charge in [-0.2, -0.15) is 0 Å². The topological polar surface area (TPSA) is 32.3 Å². The summed E-state index contributed by atoms with van der Waals surface area (Å²) in [6.45, 7) is 6.65. The highest BCUT2D eigenvalue weighted by molar-refractivity contribution is 7.09. The average Bonchev–Trinajstić information content (AvgIpc) is 2.97. The lowest BCUT2D eigenvalue weighted by Crippen LogP contribution is -2.50. The zero-order valence-corrected chi connectivity index (χ0v) is 14.0. The lowest BCUT2D eigenvalue weighted by Gasteiger charge is -2.39. The first-order chi connectivity index (χ1) is 10.7. The Morgan fingerprint density at radius 2 is 2.18 bits per heavy atom. The fourth-order valence-corrected chi connectivity index (χ4v) is 3.75. The van der Waals surface area contributed by atoms with Crippen LogP contribution in [0.5, 0.6) is 0 Å². The van der Waals surface area contributed by atoms with E-state index in [4.69, 9.17) is 0 Å². The summed E-state index contributed by atoms with van der Waals surface area (Å²) in [5, 5.41) is 5.41. The number of carbonyl (C=O) groups is 1. The molecular formula is C18H22N2OS. The van der Waals surface area contributed by atoms with E-state index in [2.05, 4.69) is 29.8 Å². The van der Waals surface area contributed by atoms with Crippen LogP contribution in [0.15, 0.2) is 35.7 Å². The molecule has 0 radical (unpaired) electrons. The van der Waals surface area contributed by atoms with E-state index in [1.165, 1.54) is 4.88 Å². The molecule has 1 aromatic carbocycles. The number of anilines is 1. The number of nitrogens with zero attached hydrogens (tertiary/aromatic N) is 1. The van der Waals surface area contributed by atoms with E-state index < -0.39 is 0 Å². The van der Waals surface area contributed by atoms with Crippen LogP contribution in [-0.2, 0) is 6.42 Å². The number of carbonyl (C=O) groups excluding carboxylic acids is 1. The lowest BCUT2D eigenvalue weighted by atomic mass is 9.94. The predicted octanol–water partition coefficient (Wildman–Crippen LogP) is 3.80. The maximum atomic E-state index is 12.7. The number of rotatable bonds is 5. The Balaban J connectivity index is 1.64. The minimum absolute atomic E-state index is 0.155. The first-order valence-corrected chi connectivity index (χ1v) is 8.71. The van der Waals surface area contributed by atoms with Crippen LogP contribution in [0.2, 0.25) is 0 Å². The fourth-order valence-electron chi connectivity index (χ4n) is 2.93. The van der Waals surface area contributed by atoms with Gasteiger partial charge in [-0.3, -0.25) is 4.79 Å². The van der Waals surface area contributed by atoms with Gasteiger partial charge < -0.3 is 10.2 Å². The third kappa shape index (κ3) is 3.17. The molecule has 116 valence electrons. The number of hydrogen-bond donors (Lipinski definition) is 1. The molecule has 1 N–H and O–H groups in total. The summed E-state index contributed by atoms with van der Waals surface area (Å²) in [6.07, 6.45) is 1.09. The Morgan fingerprint density at radius 1 is 1.36 bits per heavy atom. The molecule has 0 bridgehead atoms. The van der Waals surface area contributed by atoms with Crippen LogP contribution in [0.4, 0.5) is 5.69 Å². The van der Waals surface area contributed by atoms with Crippen molar-refractivity contribution in [3.05, 3.63) is 51.7 Å². The van der Waals surface area contributed by atoms with Gasteiger partial charge in [0.05, 0.1) is 5.56 Å². The summed E-state index contributed by atoms with van der Waals surface area (Å²) < 4.78 is 0. The highest BCUT2D eigenvalue weighted by Gasteiger charge is 2.32. The van der Waals surface area contributed by atoms with E-state index >= 15 is 0 Å². The predicted molar refractivity (Wildman–Crippen MR) is 92.8 cm³/mol. The zero-order chi connectivity index (χ0) is 15.5. The summed E-state index contributed by atoms with van der Waals surface area (Å²) in [7, 11) is 0. The van der Waals surface area contributed by atoms with Gasteiger partial charge in [-0.25, -0.2) is 0 Å². The second kappa shape index (κ2) is 6.53. The van der Waals surface area contributed by atoms with E-state index in [1.807, 2.05) is 30.0 Å². The lowest BCUT2D eigenvalue weighted by molar-refractivity contribution is 0.0503. The average molecular weight is 314 g/mol. The van der Waals surface area contributed by atoms with Crippen molar-refractivity contribution < 1.29 is 4.79 Å². The van der Waals surface area contributed by atoms with E-state index in [0.29, 0.717) is 5.92 Å². The number of aryl methyl sites for hydroxylation is 1. The van der Waals surface area contributed by atoms with Crippen molar-refractivity contribution in [1.29, 1.82) is 0 Å². The fraction of sp³-hybridized carbons (Fsp3) is 0.389. The normalized spacial score (nSPS) is 14.7. The minimum Gasteiger partial charge on any atom is -0.385 e. The summed E-state index contributed by atoms with van der Waals surface area (Å²) >= 11 is 1.80. The Hall–Kier alpha value is -1.81. The van der Waals surface area contributed by atoms with Crippen LogP contribution >= 0.6 is 11.3 Å².